The zero-order chi connectivity index (χ0) is 24.1. The molecule has 0 aliphatic carbocycles. The second-order valence-corrected chi connectivity index (χ2v) is 9.12. The van der Waals surface area contributed by atoms with E-state index in [-0.39, 0.29) is 0 Å². The zero-order valence-corrected chi connectivity index (χ0v) is 19.9. The van der Waals surface area contributed by atoms with Crippen molar-refractivity contribution in [1.29, 1.82) is 0 Å². The highest BCUT2D eigenvalue weighted by Crippen LogP contribution is 2.42. The Bertz CT molecular complexity index is 1840. The second kappa shape index (κ2) is 8.17. The summed E-state index contributed by atoms with van der Waals surface area (Å²) in [5, 5.41) is 4.88. The third-order valence-corrected chi connectivity index (χ3v) is 7.00. The van der Waals surface area contributed by atoms with Gasteiger partial charge in [0.1, 0.15) is 5.82 Å². The van der Waals surface area contributed by atoms with Crippen molar-refractivity contribution in [2.24, 2.45) is 0 Å². The highest BCUT2D eigenvalue weighted by molar-refractivity contribution is 6.18. The first-order chi connectivity index (χ1) is 17.8. The monoisotopic (exact) mass is 461 g/mol. The van der Waals surface area contributed by atoms with Gasteiger partial charge in [0.2, 0.25) is 0 Å². The molecule has 0 radical (unpaired) electrons. The lowest BCUT2D eigenvalue weighted by Crippen LogP contribution is -2.01. The number of aromatic nitrogens is 3. The molecule has 0 amide bonds. The van der Waals surface area contributed by atoms with Crippen molar-refractivity contribution in [1.82, 2.24) is 14.5 Å². The van der Waals surface area contributed by atoms with Gasteiger partial charge in [-0.3, -0.25) is 9.55 Å². The maximum Gasteiger partial charge on any atom is 0.111 e. The van der Waals surface area contributed by atoms with Crippen molar-refractivity contribution < 1.29 is 0 Å². The fourth-order valence-corrected chi connectivity index (χ4v) is 5.47. The van der Waals surface area contributed by atoms with E-state index < -0.39 is 0 Å². The average Bonchev–Trinajstić information content (AvgIpc) is 3.27. The van der Waals surface area contributed by atoms with E-state index in [9.17, 15) is 0 Å². The fourth-order valence-electron chi connectivity index (χ4n) is 5.47. The molecular formula is C33H23N3. The predicted octanol–water partition coefficient (Wildman–Crippen LogP) is 8.37. The van der Waals surface area contributed by atoms with Crippen molar-refractivity contribution in [3.05, 3.63) is 127 Å². The lowest BCUT2D eigenvalue weighted by molar-refractivity contribution is 1.02. The quantitative estimate of drug-likeness (QED) is 0.247. The molecule has 0 fully saturated rings. The summed E-state index contributed by atoms with van der Waals surface area (Å²) in [6, 6.07) is 38.7. The molecule has 2 aromatic heterocycles. The van der Waals surface area contributed by atoms with Crippen LogP contribution in [0.2, 0.25) is 0 Å². The number of pyridine rings is 1. The lowest BCUT2D eigenvalue weighted by atomic mass is 9.89. The maximum atomic E-state index is 4.89. The molecule has 36 heavy (non-hydrogen) atoms. The minimum atomic E-state index is 0.984. The van der Waals surface area contributed by atoms with Crippen molar-refractivity contribution in [3.8, 4) is 27.9 Å². The van der Waals surface area contributed by atoms with Gasteiger partial charge in [-0.15, -0.1) is 0 Å². The minimum absolute atomic E-state index is 0.984. The zero-order valence-electron chi connectivity index (χ0n) is 19.9. The van der Waals surface area contributed by atoms with Crippen LogP contribution in [0.3, 0.4) is 0 Å². The number of hydrogen-bond donors (Lipinski definition) is 0. The van der Waals surface area contributed by atoms with Gasteiger partial charge in [0.15, 0.2) is 0 Å². The molecule has 0 unspecified atom stereocenters. The molecule has 2 heterocycles. The molecule has 0 saturated heterocycles. The normalized spacial score (nSPS) is 11.5. The number of rotatable bonds is 3. The average molecular weight is 462 g/mol. The SMILES string of the molecule is Cc1nc2ccccc2n1-c1c2ccccc2c(-c2cccc(-c3cccnc3)c2)c2ccccc12. The molecule has 0 bridgehead atoms. The Kier molecular flexibility index (Phi) is 4.68. The van der Waals surface area contributed by atoms with Crippen LogP contribution in [0.15, 0.2) is 122 Å². The number of imidazole rings is 1. The summed E-state index contributed by atoms with van der Waals surface area (Å²) >= 11 is 0. The van der Waals surface area contributed by atoms with E-state index in [2.05, 4.69) is 114 Å². The van der Waals surface area contributed by atoms with Gasteiger partial charge in [-0.1, -0.05) is 84.9 Å². The Morgan fingerprint density at radius 1 is 0.583 bits per heavy atom. The van der Waals surface area contributed by atoms with Crippen LogP contribution in [-0.2, 0) is 0 Å². The Balaban J connectivity index is 1.60. The van der Waals surface area contributed by atoms with Crippen molar-refractivity contribution >= 4 is 32.6 Å². The highest BCUT2D eigenvalue weighted by atomic mass is 15.1. The summed E-state index contributed by atoms with van der Waals surface area (Å²) in [6.45, 7) is 2.09. The molecule has 0 atom stereocenters. The van der Waals surface area contributed by atoms with Gasteiger partial charge in [0.25, 0.3) is 0 Å². The van der Waals surface area contributed by atoms with Gasteiger partial charge in [0, 0.05) is 28.7 Å². The van der Waals surface area contributed by atoms with Gasteiger partial charge in [0.05, 0.1) is 16.7 Å². The number of aryl methyl sites for hydroxylation is 1. The summed E-state index contributed by atoms with van der Waals surface area (Å²) in [4.78, 5) is 9.21. The Morgan fingerprint density at radius 2 is 1.22 bits per heavy atom. The van der Waals surface area contributed by atoms with Gasteiger partial charge >= 0.3 is 0 Å². The van der Waals surface area contributed by atoms with E-state index in [1.807, 2.05) is 24.5 Å². The third-order valence-electron chi connectivity index (χ3n) is 7.00. The molecule has 5 aromatic carbocycles. The van der Waals surface area contributed by atoms with E-state index in [1.165, 1.54) is 38.4 Å². The first-order valence-electron chi connectivity index (χ1n) is 12.2. The number of benzene rings is 5. The molecule has 7 rings (SSSR count). The van der Waals surface area contributed by atoms with E-state index in [0.29, 0.717) is 0 Å². The fraction of sp³-hybridized carbons (Fsp3) is 0.0303. The first kappa shape index (κ1) is 20.6. The van der Waals surface area contributed by atoms with Crippen LogP contribution < -0.4 is 0 Å². The molecule has 0 spiro atoms. The lowest BCUT2D eigenvalue weighted by Gasteiger charge is -2.19. The Hall–Kier alpha value is -4.76. The predicted molar refractivity (Wildman–Crippen MR) is 149 cm³/mol. The molecule has 3 heteroatoms. The smallest absolute Gasteiger partial charge is 0.111 e. The molecule has 3 nitrogen and oxygen atoms in total. The van der Waals surface area contributed by atoms with Crippen molar-refractivity contribution in [2.45, 2.75) is 6.92 Å². The van der Waals surface area contributed by atoms with Gasteiger partial charge < -0.3 is 0 Å². The van der Waals surface area contributed by atoms with E-state index in [4.69, 9.17) is 4.98 Å². The van der Waals surface area contributed by atoms with Crippen molar-refractivity contribution in [2.75, 3.05) is 0 Å². The van der Waals surface area contributed by atoms with Crippen molar-refractivity contribution in [3.63, 3.8) is 0 Å². The van der Waals surface area contributed by atoms with Crippen LogP contribution in [-0.4, -0.2) is 14.5 Å². The minimum Gasteiger partial charge on any atom is -0.295 e. The van der Waals surface area contributed by atoms with E-state index in [1.54, 1.807) is 0 Å². The summed E-state index contributed by atoms with van der Waals surface area (Å²) in [5.41, 5.74) is 8.03. The van der Waals surface area contributed by atoms with Crippen LogP contribution >= 0.6 is 0 Å². The molecule has 7 aromatic rings. The molecule has 0 aliphatic rings. The molecule has 170 valence electrons. The van der Waals surface area contributed by atoms with Crippen LogP contribution in [0.1, 0.15) is 5.82 Å². The third kappa shape index (κ3) is 3.14. The largest absolute Gasteiger partial charge is 0.295 e. The molecular weight excluding hydrogens is 438 g/mol. The summed E-state index contributed by atoms with van der Waals surface area (Å²) in [5.74, 6) is 0.984. The summed E-state index contributed by atoms with van der Waals surface area (Å²) in [7, 11) is 0. The van der Waals surface area contributed by atoms with E-state index >= 15 is 0 Å². The number of hydrogen-bond acceptors (Lipinski definition) is 2. The van der Waals surface area contributed by atoms with Crippen LogP contribution in [0, 0.1) is 6.92 Å². The summed E-state index contributed by atoms with van der Waals surface area (Å²) < 4.78 is 2.32. The first-order valence-corrected chi connectivity index (χ1v) is 12.2. The maximum absolute atomic E-state index is 4.89. The van der Waals surface area contributed by atoms with Crippen LogP contribution in [0.25, 0.3) is 60.5 Å². The summed E-state index contributed by atoms with van der Waals surface area (Å²) in [6.07, 6.45) is 3.74. The molecule has 0 aliphatic heterocycles. The number of nitrogens with zero attached hydrogens (tertiary/aromatic N) is 3. The molecule has 0 saturated carbocycles. The van der Waals surface area contributed by atoms with Crippen LogP contribution in [0.4, 0.5) is 0 Å². The standard InChI is InChI=1S/C33H23N3/c1-22-35-30-17-6-7-18-31(30)36(22)33-28-15-4-2-13-26(28)32(27-14-3-5-16-29(27)33)24-11-8-10-23(20-24)25-12-9-19-34-21-25/h2-21H,1H3. The second-order valence-electron chi connectivity index (χ2n) is 9.12. The number of para-hydroxylation sites is 2. The van der Waals surface area contributed by atoms with Gasteiger partial charge in [-0.2, -0.15) is 0 Å². The van der Waals surface area contributed by atoms with Gasteiger partial charge in [-0.05, 0) is 58.7 Å². The Morgan fingerprint density at radius 3 is 1.94 bits per heavy atom. The van der Waals surface area contributed by atoms with E-state index in [0.717, 1.165) is 28.0 Å². The topological polar surface area (TPSA) is 30.7 Å². The Labute approximate surface area is 209 Å². The van der Waals surface area contributed by atoms with Gasteiger partial charge in [-0.25, -0.2) is 4.98 Å². The molecule has 0 N–H and O–H groups in total. The number of fused-ring (bicyclic) bond motifs is 3. The highest BCUT2D eigenvalue weighted by Gasteiger charge is 2.19. The van der Waals surface area contributed by atoms with Crippen LogP contribution in [0.5, 0.6) is 0 Å².